The highest BCUT2D eigenvalue weighted by atomic mass is 14.8. The molecule has 0 atom stereocenters. The first-order valence-corrected chi connectivity index (χ1v) is 10.6. The van der Waals surface area contributed by atoms with E-state index in [1.54, 1.807) is 0 Å². The van der Waals surface area contributed by atoms with Crippen LogP contribution in [-0.4, -0.2) is 13.1 Å². The molecular weight excluding hydrogens is 278 g/mol. The van der Waals surface area contributed by atoms with E-state index in [2.05, 4.69) is 32.3 Å². The maximum absolute atomic E-state index is 3.61. The minimum absolute atomic E-state index is 1.24. The highest BCUT2D eigenvalue weighted by molar-refractivity contribution is 4.52. The van der Waals surface area contributed by atoms with Gasteiger partial charge in [-0.05, 0) is 25.9 Å². The predicted molar refractivity (Wildman–Crippen MR) is 109 cm³/mol. The summed E-state index contributed by atoms with van der Waals surface area (Å²) >= 11 is 0. The molecule has 0 bridgehead atoms. The normalized spacial score (nSPS) is 10.3. The third-order valence-corrected chi connectivity index (χ3v) is 4.41. The van der Waals surface area contributed by atoms with Crippen molar-refractivity contribution in [3.63, 3.8) is 0 Å². The summed E-state index contributed by atoms with van der Waals surface area (Å²) in [5.74, 6) is 0. The van der Waals surface area contributed by atoms with Crippen molar-refractivity contribution >= 4 is 0 Å². The fourth-order valence-corrected chi connectivity index (χ4v) is 2.89. The van der Waals surface area contributed by atoms with E-state index in [0.717, 1.165) is 0 Å². The molecule has 0 unspecified atom stereocenters. The molecule has 0 radical (unpaired) electrons. The average Bonchev–Trinajstić information content (AvgIpc) is 2.59. The fraction of sp³-hybridized carbons (Fsp3) is 0.909. The second-order valence-electron chi connectivity index (χ2n) is 6.70. The van der Waals surface area contributed by atoms with Crippen molar-refractivity contribution in [3.8, 4) is 0 Å². The molecule has 0 heterocycles. The number of rotatable bonds is 18. The van der Waals surface area contributed by atoms with Crippen molar-refractivity contribution in [2.45, 2.75) is 117 Å². The van der Waals surface area contributed by atoms with E-state index in [9.17, 15) is 0 Å². The quantitative estimate of drug-likeness (QED) is 0.201. The molecule has 0 fully saturated rings. The fourth-order valence-electron chi connectivity index (χ4n) is 2.89. The van der Waals surface area contributed by atoms with Crippen LogP contribution in [0.4, 0.5) is 0 Å². The summed E-state index contributed by atoms with van der Waals surface area (Å²) < 4.78 is 0. The second-order valence-corrected chi connectivity index (χ2v) is 6.70. The molecular formula is C22H47N. The van der Waals surface area contributed by atoms with Gasteiger partial charge in [0.2, 0.25) is 0 Å². The van der Waals surface area contributed by atoms with Crippen LogP contribution in [0.2, 0.25) is 0 Å². The van der Waals surface area contributed by atoms with Gasteiger partial charge in [-0.15, -0.1) is 13.2 Å². The summed E-state index contributed by atoms with van der Waals surface area (Å²) in [6.07, 6.45) is 22.8. The van der Waals surface area contributed by atoms with Crippen molar-refractivity contribution < 1.29 is 0 Å². The molecule has 0 spiro atoms. The molecule has 0 saturated carbocycles. The third-order valence-electron chi connectivity index (χ3n) is 4.41. The Hall–Kier alpha value is -0.300. The lowest BCUT2D eigenvalue weighted by molar-refractivity contribution is 0.532. The lowest BCUT2D eigenvalue weighted by Gasteiger charge is -2.05. The van der Waals surface area contributed by atoms with Crippen LogP contribution < -0.4 is 5.32 Å². The molecule has 140 valence electrons. The molecule has 0 amide bonds. The van der Waals surface area contributed by atoms with Gasteiger partial charge in [-0.3, -0.25) is 0 Å². The lowest BCUT2D eigenvalue weighted by Crippen LogP contribution is -2.16. The van der Waals surface area contributed by atoms with E-state index in [1.807, 2.05) is 0 Å². The number of hydrogen-bond donors (Lipinski definition) is 1. The van der Waals surface area contributed by atoms with Gasteiger partial charge in [0.1, 0.15) is 0 Å². The Bertz CT molecular complexity index is 161. The number of nitrogens with one attached hydrogen (secondary N) is 1. The Morgan fingerprint density at radius 1 is 0.435 bits per heavy atom. The minimum atomic E-state index is 1.24. The summed E-state index contributed by atoms with van der Waals surface area (Å²) in [6, 6.07) is 0. The first-order chi connectivity index (χ1) is 11.4. The Balaban J connectivity index is 0. The molecule has 0 aromatic rings. The molecule has 1 heteroatoms. The van der Waals surface area contributed by atoms with Crippen molar-refractivity contribution in [2.75, 3.05) is 13.1 Å². The van der Waals surface area contributed by atoms with Gasteiger partial charge in [0.05, 0.1) is 0 Å². The lowest BCUT2D eigenvalue weighted by atomic mass is 10.1. The largest absolute Gasteiger partial charge is 0.317 e. The Labute approximate surface area is 148 Å². The van der Waals surface area contributed by atoms with E-state index in [0.29, 0.717) is 0 Å². The van der Waals surface area contributed by atoms with Crippen LogP contribution in [0.15, 0.2) is 13.2 Å². The zero-order valence-electron chi connectivity index (χ0n) is 16.6. The molecule has 23 heavy (non-hydrogen) atoms. The standard InChI is InChI=1S/C20H43N.C2H4/c1-3-5-7-9-11-13-15-17-19-21-20-18-16-14-12-10-8-6-4-2;1-2/h21H,3-20H2,1-2H3;1-2H2. The van der Waals surface area contributed by atoms with Crippen LogP contribution in [0.25, 0.3) is 0 Å². The Morgan fingerprint density at radius 3 is 1.00 bits per heavy atom. The minimum Gasteiger partial charge on any atom is -0.317 e. The second kappa shape index (κ2) is 26.6. The van der Waals surface area contributed by atoms with Crippen LogP contribution >= 0.6 is 0 Å². The molecule has 1 nitrogen and oxygen atoms in total. The van der Waals surface area contributed by atoms with Gasteiger partial charge in [0.15, 0.2) is 0 Å². The van der Waals surface area contributed by atoms with Gasteiger partial charge in [0, 0.05) is 0 Å². The van der Waals surface area contributed by atoms with E-state index < -0.39 is 0 Å². The highest BCUT2D eigenvalue weighted by Gasteiger charge is 1.93. The molecule has 0 aromatic heterocycles. The van der Waals surface area contributed by atoms with E-state index in [-0.39, 0.29) is 0 Å². The van der Waals surface area contributed by atoms with Gasteiger partial charge < -0.3 is 5.32 Å². The first kappa shape index (κ1) is 24.9. The Morgan fingerprint density at radius 2 is 0.696 bits per heavy atom. The van der Waals surface area contributed by atoms with E-state index >= 15 is 0 Å². The zero-order chi connectivity index (χ0) is 17.4. The van der Waals surface area contributed by atoms with Gasteiger partial charge >= 0.3 is 0 Å². The molecule has 1 N–H and O–H groups in total. The predicted octanol–water partition coefficient (Wildman–Crippen LogP) is 7.66. The van der Waals surface area contributed by atoms with Crippen molar-refractivity contribution in [2.24, 2.45) is 0 Å². The molecule has 0 rings (SSSR count). The molecule has 0 aliphatic rings. The number of unbranched alkanes of at least 4 members (excludes halogenated alkanes) is 14. The van der Waals surface area contributed by atoms with Crippen LogP contribution in [0, 0.1) is 0 Å². The van der Waals surface area contributed by atoms with Crippen molar-refractivity contribution in [1.82, 2.24) is 5.32 Å². The maximum atomic E-state index is 3.61. The molecule has 0 saturated heterocycles. The van der Waals surface area contributed by atoms with Crippen molar-refractivity contribution in [1.29, 1.82) is 0 Å². The van der Waals surface area contributed by atoms with E-state index in [4.69, 9.17) is 0 Å². The first-order valence-electron chi connectivity index (χ1n) is 10.6. The Kier molecular flexibility index (Phi) is 28.8. The summed E-state index contributed by atoms with van der Waals surface area (Å²) in [7, 11) is 0. The SMILES string of the molecule is C=C.CCCCCCCCCCNCCCCCCCCCC. The average molecular weight is 326 g/mol. The summed E-state index contributed by atoms with van der Waals surface area (Å²) in [6.45, 7) is 13.1. The molecule has 0 aliphatic heterocycles. The molecule has 0 aliphatic carbocycles. The van der Waals surface area contributed by atoms with E-state index in [1.165, 1.54) is 116 Å². The van der Waals surface area contributed by atoms with Gasteiger partial charge in [-0.1, -0.05) is 104 Å². The summed E-state index contributed by atoms with van der Waals surface area (Å²) in [4.78, 5) is 0. The van der Waals surface area contributed by atoms with Gasteiger partial charge in [0.25, 0.3) is 0 Å². The van der Waals surface area contributed by atoms with Crippen LogP contribution in [0.1, 0.15) is 117 Å². The topological polar surface area (TPSA) is 12.0 Å². The monoisotopic (exact) mass is 325 g/mol. The van der Waals surface area contributed by atoms with Crippen LogP contribution in [0.5, 0.6) is 0 Å². The summed E-state index contributed by atoms with van der Waals surface area (Å²) in [5, 5.41) is 3.61. The van der Waals surface area contributed by atoms with Gasteiger partial charge in [-0.25, -0.2) is 0 Å². The third kappa shape index (κ3) is 26.9. The smallest absolute Gasteiger partial charge is 0.00489 e. The number of hydrogen-bond acceptors (Lipinski definition) is 1. The highest BCUT2D eigenvalue weighted by Crippen LogP contribution is 2.09. The van der Waals surface area contributed by atoms with Crippen LogP contribution in [-0.2, 0) is 0 Å². The maximum Gasteiger partial charge on any atom is -0.00489 e. The van der Waals surface area contributed by atoms with Gasteiger partial charge in [-0.2, -0.15) is 0 Å². The van der Waals surface area contributed by atoms with Crippen LogP contribution in [0.3, 0.4) is 0 Å². The zero-order valence-corrected chi connectivity index (χ0v) is 16.6. The summed E-state index contributed by atoms with van der Waals surface area (Å²) in [5.41, 5.74) is 0. The van der Waals surface area contributed by atoms with Crippen molar-refractivity contribution in [3.05, 3.63) is 13.2 Å². The molecule has 0 aromatic carbocycles.